The first-order valence-corrected chi connectivity index (χ1v) is 9.77. The van der Waals surface area contributed by atoms with Crippen LogP contribution < -0.4 is 10.2 Å². The Bertz CT molecular complexity index is 949. The van der Waals surface area contributed by atoms with Gasteiger partial charge in [-0.2, -0.15) is 5.10 Å². The number of benzene rings is 1. The Morgan fingerprint density at radius 1 is 1.15 bits per heavy atom. The number of rotatable bonds is 3. The van der Waals surface area contributed by atoms with Crippen LogP contribution in [0.1, 0.15) is 50.2 Å². The molecule has 5 heteroatoms. The van der Waals surface area contributed by atoms with Crippen LogP contribution in [0, 0.1) is 12.3 Å². The summed E-state index contributed by atoms with van der Waals surface area (Å²) in [6.45, 7) is 9.84. The molecule has 1 aliphatic rings. The summed E-state index contributed by atoms with van der Waals surface area (Å²) in [5.74, 6) is 0. The quantitative estimate of drug-likeness (QED) is 0.748. The van der Waals surface area contributed by atoms with Gasteiger partial charge in [0.15, 0.2) is 5.65 Å². The van der Waals surface area contributed by atoms with E-state index in [2.05, 4.69) is 65.3 Å². The summed E-state index contributed by atoms with van der Waals surface area (Å²) in [4.78, 5) is 7.00. The monoisotopic (exact) mass is 363 g/mol. The highest BCUT2D eigenvalue weighted by Crippen LogP contribution is 2.36. The van der Waals surface area contributed by atoms with Crippen LogP contribution in [0.15, 0.2) is 36.5 Å². The van der Waals surface area contributed by atoms with Crippen LogP contribution in [0.5, 0.6) is 0 Å². The Kier molecular flexibility index (Phi) is 4.42. The van der Waals surface area contributed by atoms with E-state index in [0.29, 0.717) is 6.04 Å². The van der Waals surface area contributed by atoms with Gasteiger partial charge in [0.05, 0.1) is 23.3 Å². The fraction of sp³-hybridized carbons (Fsp3) is 0.455. The van der Waals surface area contributed by atoms with Crippen LogP contribution in [0.4, 0.5) is 11.4 Å². The third kappa shape index (κ3) is 3.21. The van der Waals surface area contributed by atoms with Crippen LogP contribution >= 0.6 is 0 Å². The standard InChI is InChI=1S/C22H29N5/c1-15-13-20-24-14-19-18(27(20)25-15)7-6-12-26(19)17-10-8-16(9-11-17)21(23-5)22(2,3)4/h8-11,13-14,21,23H,6-7,12H2,1-5H3/t21-/m0/s1. The number of anilines is 2. The van der Waals surface area contributed by atoms with Crippen molar-refractivity contribution in [2.24, 2.45) is 5.41 Å². The fourth-order valence-electron chi connectivity index (χ4n) is 4.29. The zero-order valence-corrected chi connectivity index (χ0v) is 17.0. The molecule has 0 spiro atoms. The molecule has 3 aromatic rings. The summed E-state index contributed by atoms with van der Waals surface area (Å²) in [5.41, 5.74) is 7.08. The summed E-state index contributed by atoms with van der Waals surface area (Å²) in [7, 11) is 2.04. The van der Waals surface area contributed by atoms with Crippen molar-refractivity contribution < 1.29 is 0 Å². The van der Waals surface area contributed by atoms with Crippen molar-refractivity contribution in [2.75, 3.05) is 18.5 Å². The van der Waals surface area contributed by atoms with Crippen molar-refractivity contribution in [1.82, 2.24) is 19.9 Å². The van der Waals surface area contributed by atoms with E-state index < -0.39 is 0 Å². The normalized spacial score (nSPS) is 15.8. The van der Waals surface area contributed by atoms with E-state index in [1.165, 1.54) is 22.6 Å². The van der Waals surface area contributed by atoms with E-state index in [9.17, 15) is 0 Å². The third-order valence-electron chi connectivity index (χ3n) is 5.46. The first kappa shape index (κ1) is 18.0. The van der Waals surface area contributed by atoms with Gasteiger partial charge in [-0.15, -0.1) is 0 Å². The molecular weight excluding hydrogens is 334 g/mol. The second kappa shape index (κ2) is 6.64. The minimum atomic E-state index is 0.168. The lowest BCUT2D eigenvalue weighted by molar-refractivity contribution is 0.287. The van der Waals surface area contributed by atoms with Crippen molar-refractivity contribution >= 4 is 17.0 Å². The molecule has 4 rings (SSSR count). The zero-order chi connectivity index (χ0) is 19.2. The van der Waals surface area contributed by atoms with Crippen LogP contribution in [0.2, 0.25) is 0 Å². The number of hydrogen-bond donors (Lipinski definition) is 1. The first-order chi connectivity index (χ1) is 12.9. The molecule has 0 fully saturated rings. The third-order valence-corrected chi connectivity index (χ3v) is 5.46. The fourth-order valence-corrected chi connectivity index (χ4v) is 4.29. The first-order valence-electron chi connectivity index (χ1n) is 9.77. The van der Waals surface area contributed by atoms with Gasteiger partial charge in [0, 0.05) is 24.3 Å². The van der Waals surface area contributed by atoms with Gasteiger partial charge in [0.1, 0.15) is 0 Å². The Morgan fingerprint density at radius 2 is 1.89 bits per heavy atom. The number of aryl methyl sites for hydroxylation is 2. The van der Waals surface area contributed by atoms with E-state index >= 15 is 0 Å². The van der Waals surface area contributed by atoms with E-state index in [-0.39, 0.29) is 5.41 Å². The molecule has 1 N–H and O–H groups in total. The van der Waals surface area contributed by atoms with E-state index in [1.807, 2.05) is 30.8 Å². The van der Waals surface area contributed by atoms with Crippen molar-refractivity contribution in [3.05, 3.63) is 53.5 Å². The molecule has 0 saturated heterocycles. The maximum Gasteiger partial charge on any atom is 0.155 e. The Balaban J connectivity index is 1.70. The zero-order valence-electron chi connectivity index (χ0n) is 17.0. The highest BCUT2D eigenvalue weighted by atomic mass is 15.3. The molecule has 0 unspecified atom stereocenters. The van der Waals surface area contributed by atoms with E-state index in [1.54, 1.807) is 0 Å². The van der Waals surface area contributed by atoms with Gasteiger partial charge in [0.2, 0.25) is 0 Å². The Labute approximate surface area is 161 Å². The molecule has 1 aliphatic heterocycles. The molecule has 1 atom stereocenters. The smallest absolute Gasteiger partial charge is 0.155 e. The number of nitrogens with one attached hydrogen (secondary N) is 1. The van der Waals surface area contributed by atoms with Crippen molar-refractivity contribution in [2.45, 2.75) is 46.6 Å². The average molecular weight is 364 g/mol. The van der Waals surface area contributed by atoms with Gasteiger partial charge in [-0.05, 0) is 49.9 Å². The molecule has 0 aliphatic carbocycles. The summed E-state index contributed by atoms with van der Waals surface area (Å²) >= 11 is 0. The number of aromatic nitrogens is 3. The van der Waals surface area contributed by atoms with Crippen LogP contribution in [-0.2, 0) is 6.42 Å². The minimum absolute atomic E-state index is 0.168. The van der Waals surface area contributed by atoms with Gasteiger partial charge < -0.3 is 10.2 Å². The molecule has 5 nitrogen and oxygen atoms in total. The Morgan fingerprint density at radius 3 is 2.56 bits per heavy atom. The molecule has 142 valence electrons. The Hall–Kier alpha value is -2.40. The molecule has 3 heterocycles. The summed E-state index contributed by atoms with van der Waals surface area (Å²) in [6.07, 6.45) is 4.16. The lowest BCUT2D eigenvalue weighted by Crippen LogP contribution is -2.30. The number of fused-ring (bicyclic) bond motifs is 3. The lowest BCUT2D eigenvalue weighted by atomic mass is 9.82. The van der Waals surface area contributed by atoms with Crippen molar-refractivity contribution in [1.29, 1.82) is 0 Å². The maximum atomic E-state index is 4.65. The average Bonchev–Trinajstić information content (AvgIpc) is 3.02. The largest absolute Gasteiger partial charge is 0.339 e. The maximum absolute atomic E-state index is 4.65. The summed E-state index contributed by atoms with van der Waals surface area (Å²) in [5, 5.41) is 8.11. The van der Waals surface area contributed by atoms with Gasteiger partial charge in [-0.3, -0.25) is 0 Å². The summed E-state index contributed by atoms with van der Waals surface area (Å²) < 4.78 is 2.02. The highest BCUT2D eigenvalue weighted by Gasteiger charge is 2.26. The number of nitrogens with zero attached hydrogens (tertiary/aromatic N) is 4. The second-order valence-electron chi connectivity index (χ2n) is 8.58. The minimum Gasteiger partial charge on any atom is -0.339 e. The van der Waals surface area contributed by atoms with Crippen LogP contribution in [0.3, 0.4) is 0 Å². The molecule has 2 aromatic heterocycles. The molecular formula is C22H29N5. The predicted octanol–water partition coefficient (Wildman–Crippen LogP) is 4.43. The molecule has 1 aromatic carbocycles. The van der Waals surface area contributed by atoms with Gasteiger partial charge in [-0.25, -0.2) is 9.50 Å². The van der Waals surface area contributed by atoms with E-state index in [0.717, 1.165) is 30.7 Å². The van der Waals surface area contributed by atoms with Crippen molar-refractivity contribution in [3.8, 4) is 0 Å². The van der Waals surface area contributed by atoms with E-state index in [4.69, 9.17) is 0 Å². The highest BCUT2D eigenvalue weighted by molar-refractivity contribution is 5.67. The molecule has 0 amide bonds. The summed E-state index contributed by atoms with van der Waals surface area (Å²) in [6, 6.07) is 11.3. The van der Waals surface area contributed by atoms with Crippen molar-refractivity contribution in [3.63, 3.8) is 0 Å². The van der Waals surface area contributed by atoms with Gasteiger partial charge in [0.25, 0.3) is 0 Å². The molecule has 0 radical (unpaired) electrons. The van der Waals surface area contributed by atoms with Gasteiger partial charge in [-0.1, -0.05) is 32.9 Å². The van der Waals surface area contributed by atoms with Gasteiger partial charge >= 0.3 is 0 Å². The molecule has 0 saturated carbocycles. The second-order valence-corrected chi connectivity index (χ2v) is 8.58. The lowest BCUT2D eigenvalue weighted by Gasteiger charge is -2.33. The van der Waals surface area contributed by atoms with Crippen LogP contribution in [-0.4, -0.2) is 28.2 Å². The topological polar surface area (TPSA) is 45.5 Å². The molecule has 0 bridgehead atoms. The number of hydrogen-bond acceptors (Lipinski definition) is 4. The van der Waals surface area contributed by atoms with Crippen LogP contribution in [0.25, 0.3) is 5.65 Å². The predicted molar refractivity (Wildman–Crippen MR) is 111 cm³/mol. The molecule has 27 heavy (non-hydrogen) atoms. The SMILES string of the molecule is CN[C@@H](c1ccc(N2CCCc3c2cnc2cc(C)nn32)cc1)C(C)(C)C.